The number of carbonyl (C=O) groups is 1. The summed E-state index contributed by atoms with van der Waals surface area (Å²) in [6, 6.07) is 16.0. The largest absolute Gasteiger partial charge is 0.480 e. The van der Waals surface area contributed by atoms with Crippen LogP contribution in [0, 0.1) is 13.8 Å². The zero-order valence-electron chi connectivity index (χ0n) is 14.3. The number of aryl methyl sites for hydroxylation is 2. The van der Waals surface area contributed by atoms with Crippen molar-refractivity contribution in [1.82, 2.24) is 5.32 Å². The van der Waals surface area contributed by atoms with E-state index in [1.54, 1.807) is 6.92 Å². The van der Waals surface area contributed by atoms with E-state index in [1.807, 2.05) is 62.4 Å². The number of para-hydroxylation sites is 1. The van der Waals surface area contributed by atoms with Gasteiger partial charge in [-0.15, -0.1) is 0 Å². The molecular weight excluding hydrogens is 286 g/mol. The third-order valence-electron chi connectivity index (χ3n) is 4.00. The highest BCUT2D eigenvalue weighted by Gasteiger charge is 2.20. The van der Waals surface area contributed by atoms with Crippen LogP contribution in [0.5, 0.6) is 5.75 Å². The predicted octanol–water partition coefficient (Wildman–Crippen LogP) is 4.34. The van der Waals surface area contributed by atoms with E-state index in [0.717, 1.165) is 28.9 Å². The number of rotatable bonds is 6. The minimum Gasteiger partial charge on any atom is -0.480 e. The SMILES string of the molecule is CCC(NC(=O)C(C)Oc1c(C)cccc1C)c1ccccc1. The van der Waals surface area contributed by atoms with Crippen molar-refractivity contribution in [3.05, 3.63) is 65.2 Å². The third-order valence-corrected chi connectivity index (χ3v) is 4.00. The topological polar surface area (TPSA) is 38.3 Å². The van der Waals surface area contributed by atoms with E-state index in [2.05, 4.69) is 12.2 Å². The molecule has 1 N–H and O–H groups in total. The highest BCUT2D eigenvalue weighted by Crippen LogP contribution is 2.24. The Kier molecular flexibility index (Phi) is 5.80. The summed E-state index contributed by atoms with van der Waals surface area (Å²) in [6.07, 6.45) is 0.304. The highest BCUT2D eigenvalue weighted by atomic mass is 16.5. The van der Waals surface area contributed by atoms with Gasteiger partial charge in [-0.3, -0.25) is 4.79 Å². The fourth-order valence-corrected chi connectivity index (χ4v) is 2.61. The molecule has 2 aromatic carbocycles. The van der Waals surface area contributed by atoms with Crippen molar-refractivity contribution in [1.29, 1.82) is 0 Å². The Labute approximate surface area is 138 Å². The van der Waals surface area contributed by atoms with Gasteiger partial charge in [-0.25, -0.2) is 0 Å². The lowest BCUT2D eigenvalue weighted by atomic mass is 10.0. The maximum absolute atomic E-state index is 12.5. The predicted molar refractivity (Wildman–Crippen MR) is 93.6 cm³/mol. The van der Waals surface area contributed by atoms with E-state index >= 15 is 0 Å². The molecule has 0 bridgehead atoms. The minimum absolute atomic E-state index is 0.00715. The molecule has 0 aliphatic carbocycles. The van der Waals surface area contributed by atoms with Crippen molar-refractivity contribution in [2.45, 2.75) is 46.3 Å². The normalized spacial score (nSPS) is 13.2. The van der Waals surface area contributed by atoms with Gasteiger partial charge < -0.3 is 10.1 Å². The van der Waals surface area contributed by atoms with Crippen LogP contribution < -0.4 is 10.1 Å². The number of amides is 1. The van der Waals surface area contributed by atoms with E-state index in [1.165, 1.54) is 0 Å². The molecule has 122 valence electrons. The van der Waals surface area contributed by atoms with Gasteiger partial charge in [0.15, 0.2) is 6.10 Å². The molecule has 0 spiro atoms. The summed E-state index contributed by atoms with van der Waals surface area (Å²) in [4.78, 5) is 12.5. The Morgan fingerprint density at radius 2 is 1.65 bits per heavy atom. The van der Waals surface area contributed by atoms with Crippen molar-refractivity contribution in [3.8, 4) is 5.75 Å². The molecule has 1 amide bonds. The van der Waals surface area contributed by atoms with Gasteiger partial charge in [0.1, 0.15) is 5.75 Å². The smallest absolute Gasteiger partial charge is 0.261 e. The van der Waals surface area contributed by atoms with Gasteiger partial charge in [0.25, 0.3) is 5.91 Å². The average molecular weight is 311 g/mol. The maximum Gasteiger partial charge on any atom is 0.261 e. The number of ether oxygens (including phenoxy) is 1. The number of hydrogen-bond acceptors (Lipinski definition) is 2. The molecule has 2 rings (SSSR count). The van der Waals surface area contributed by atoms with Crippen LogP contribution in [0.4, 0.5) is 0 Å². The quantitative estimate of drug-likeness (QED) is 0.862. The summed E-state index contributed by atoms with van der Waals surface area (Å²) in [7, 11) is 0. The number of nitrogens with one attached hydrogen (secondary N) is 1. The number of benzene rings is 2. The van der Waals surface area contributed by atoms with E-state index < -0.39 is 6.10 Å². The van der Waals surface area contributed by atoms with Crippen molar-refractivity contribution in [3.63, 3.8) is 0 Å². The molecule has 2 atom stereocenters. The lowest BCUT2D eigenvalue weighted by Gasteiger charge is -2.22. The summed E-state index contributed by atoms with van der Waals surface area (Å²) >= 11 is 0. The van der Waals surface area contributed by atoms with Gasteiger partial charge in [0, 0.05) is 0 Å². The number of hydrogen-bond donors (Lipinski definition) is 1. The maximum atomic E-state index is 12.5. The van der Waals surface area contributed by atoms with Crippen LogP contribution >= 0.6 is 0 Å². The van der Waals surface area contributed by atoms with Crippen LogP contribution in [0.2, 0.25) is 0 Å². The van der Waals surface area contributed by atoms with Gasteiger partial charge in [-0.05, 0) is 43.9 Å². The van der Waals surface area contributed by atoms with Gasteiger partial charge in [-0.2, -0.15) is 0 Å². The van der Waals surface area contributed by atoms with Crippen LogP contribution in [0.3, 0.4) is 0 Å². The lowest BCUT2D eigenvalue weighted by molar-refractivity contribution is -0.128. The molecule has 0 aromatic heterocycles. The fourth-order valence-electron chi connectivity index (χ4n) is 2.61. The standard InChI is InChI=1S/C20H25NO2/c1-5-18(17-12-7-6-8-13-17)21-20(22)16(4)23-19-14(2)10-9-11-15(19)3/h6-13,16,18H,5H2,1-4H3,(H,21,22). The first-order chi connectivity index (χ1) is 11.0. The molecule has 2 aromatic rings. The van der Waals surface area contributed by atoms with E-state index in [-0.39, 0.29) is 11.9 Å². The van der Waals surface area contributed by atoms with Crippen LogP contribution in [0.15, 0.2) is 48.5 Å². The van der Waals surface area contributed by atoms with Gasteiger partial charge >= 0.3 is 0 Å². The molecule has 0 aliphatic rings. The molecule has 2 unspecified atom stereocenters. The van der Waals surface area contributed by atoms with Crippen LogP contribution in [0.25, 0.3) is 0 Å². The van der Waals surface area contributed by atoms with Crippen molar-refractivity contribution >= 4 is 5.91 Å². The van der Waals surface area contributed by atoms with Crippen molar-refractivity contribution in [2.75, 3.05) is 0 Å². The zero-order valence-corrected chi connectivity index (χ0v) is 14.3. The van der Waals surface area contributed by atoms with Crippen LogP contribution in [-0.2, 0) is 4.79 Å². The Morgan fingerprint density at radius 3 is 2.22 bits per heavy atom. The van der Waals surface area contributed by atoms with Gasteiger partial charge in [0.2, 0.25) is 0 Å². The second-order valence-corrected chi connectivity index (χ2v) is 5.86. The Bertz CT molecular complexity index is 632. The first kappa shape index (κ1) is 17.1. The summed E-state index contributed by atoms with van der Waals surface area (Å²) in [5.41, 5.74) is 3.20. The molecular formula is C20H25NO2. The highest BCUT2D eigenvalue weighted by molar-refractivity contribution is 5.81. The van der Waals surface area contributed by atoms with E-state index in [4.69, 9.17) is 4.74 Å². The number of carbonyl (C=O) groups excluding carboxylic acids is 1. The summed E-state index contributed by atoms with van der Waals surface area (Å²) < 4.78 is 5.91. The molecule has 3 nitrogen and oxygen atoms in total. The molecule has 0 fully saturated rings. The molecule has 23 heavy (non-hydrogen) atoms. The van der Waals surface area contributed by atoms with Crippen molar-refractivity contribution < 1.29 is 9.53 Å². The Balaban J connectivity index is 2.05. The molecule has 0 radical (unpaired) electrons. The fraction of sp³-hybridized carbons (Fsp3) is 0.350. The zero-order chi connectivity index (χ0) is 16.8. The third kappa shape index (κ3) is 4.35. The second-order valence-electron chi connectivity index (χ2n) is 5.86. The van der Waals surface area contributed by atoms with Crippen LogP contribution in [-0.4, -0.2) is 12.0 Å². The summed E-state index contributed by atoms with van der Waals surface area (Å²) in [5, 5.41) is 3.08. The van der Waals surface area contributed by atoms with Gasteiger partial charge in [0.05, 0.1) is 6.04 Å². The minimum atomic E-state index is -0.535. The molecule has 0 heterocycles. The first-order valence-electron chi connectivity index (χ1n) is 8.11. The lowest BCUT2D eigenvalue weighted by Crippen LogP contribution is -2.38. The van der Waals surface area contributed by atoms with E-state index in [9.17, 15) is 4.79 Å². The van der Waals surface area contributed by atoms with Crippen LogP contribution in [0.1, 0.15) is 43.0 Å². The first-order valence-corrected chi connectivity index (χ1v) is 8.11. The molecule has 0 saturated heterocycles. The average Bonchev–Trinajstić information content (AvgIpc) is 2.56. The van der Waals surface area contributed by atoms with Gasteiger partial charge in [-0.1, -0.05) is 55.5 Å². The molecule has 0 aliphatic heterocycles. The monoisotopic (exact) mass is 311 g/mol. The summed E-state index contributed by atoms with van der Waals surface area (Å²) in [5.74, 6) is 0.700. The van der Waals surface area contributed by atoms with Crippen molar-refractivity contribution in [2.24, 2.45) is 0 Å². The Hall–Kier alpha value is -2.29. The summed E-state index contributed by atoms with van der Waals surface area (Å²) in [6.45, 7) is 7.84. The second kappa shape index (κ2) is 7.82. The van der Waals surface area contributed by atoms with E-state index in [0.29, 0.717) is 0 Å². The Morgan fingerprint density at radius 1 is 1.04 bits per heavy atom. The molecule has 3 heteroatoms. The molecule has 0 saturated carbocycles.